The van der Waals surface area contributed by atoms with Gasteiger partial charge in [-0.25, -0.2) is 4.39 Å². The van der Waals surface area contributed by atoms with Crippen LogP contribution in [0.1, 0.15) is 42.4 Å². The number of carbonyl (C=O) groups is 2. The summed E-state index contributed by atoms with van der Waals surface area (Å²) in [4.78, 5) is 24.2. The number of aryl methyl sites for hydroxylation is 2. The molecule has 2 aromatic rings. The van der Waals surface area contributed by atoms with Crippen LogP contribution in [0.15, 0.2) is 36.4 Å². The summed E-state index contributed by atoms with van der Waals surface area (Å²) in [5.74, 6) is -0.897. The van der Waals surface area contributed by atoms with Gasteiger partial charge in [0.05, 0.1) is 0 Å². The molecular formula is C20H19FO2. The highest BCUT2D eigenvalue weighted by Crippen LogP contribution is 2.34. The summed E-state index contributed by atoms with van der Waals surface area (Å²) in [5.41, 5.74) is 3.99. The second-order valence-electron chi connectivity index (χ2n) is 6.10. The molecule has 0 amide bonds. The molecule has 3 rings (SSSR count). The minimum atomic E-state index is -0.639. The van der Waals surface area contributed by atoms with E-state index in [0.29, 0.717) is 18.4 Å². The quantitative estimate of drug-likeness (QED) is 0.788. The third-order valence-corrected chi connectivity index (χ3v) is 4.60. The lowest BCUT2D eigenvalue weighted by molar-refractivity contribution is -0.123. The van der Waals surface area contributed by atoms with E-state index in [1.807, 2.05) is 31.2 Å². The molecule has 1 aliphatic carbocycles. The Balaban J connectivity index is 2.10. The van der Waals surface area contributed by atoms with Gasteiger partial charge in [0.15, 0.2) is 0 Å². The fourth-order valence-electron chi connectivity index (χ4n) is 3.20. The predicted molar refractivity (Wildman–Crippen MR) is 87.9 cm³/mol. The topological polar surface area (TPSA) is 34.1 Å². The molecule has 0 spiro atoms. The second-order valence-corrected chi connectivity index (χ2v) is 6.10. The first-order chi connectivity index (χ1) is 11.0. The zero-order chi connectivity index (χ0) is 16.6. The highest BCUT2D eigenvalue weighted by molar-refractivity contribution is 6.13. The van der Waals surface area contributed by atoms with E-state index >= 15 is 0 Å². The first kappa shape index (κ1) is 15.6. The lowest BCUT2D eigenvalue weighted by atomic mass is 9.87. The Morgan fingerprint density at radius 3 is 2.22 bits per heavy atom. The number of carbonyl (C=O) groups excluding carboxylic acids is 2. The van der Waals surface area contributed by atoms with Crippen LogP contribution in [0.4, 0.5) is 4.39 Å². The molecule has 0 N–H and O–H groups in total. The minimum absolute atomic E-state index is 0.00284. The third-order valence-electron chi connectivity index (χ3n) is 4.60. The van der Waals surface area contributed by atoms with Gasteiger partial charge in [0, 0.05) is 12.8 Å². The summed E-state index contributed by atoms with van der Waals surface area (Å²) in [6.45, 7) is 3.73. The van der Waals surface area contributed by atoms with Crippen LogP contribution in [0.5, 0.6) is 0 Å². The molecule has 118 valence electrons. The normalized spacial score (nSPS) is 15.4. The van der Waals surface area contributed by atoms with Crippen molar-refractivity contribution in [3.63, 3.8) is 0 Å². The maximum atomic E-state index is 13.8. The van der Waals surface area contributed by atoms with Crippen LogP contribution in [-0.2, 0) is 16.0 Å². The third kappa shape index (κ3) is 2.83. The van der Waals surface area contributed by atoms with Crippen LogP contribution in [0.3, 0.4) is 0 Å². The van der Waals surface area contributed by atoms with Gasteiger partial charge in [0.1, 0.15) is 23.3 Å². The monoisotopic (exact) mass is 310 g/mol. The molecule has 0 bridgehead atoms. The summed E-state index contributed by atoms with van der Waals surface area (Å²) < 4.78 is 13.8. The molecular weight excluding hydrogens is 291 g/mol. The summed E-state index contributed by atoms with van der Waals surface area (Å²) in [6.07, 6.45) is 1.42. The predicted octanol–water partition coefficient (Wildman–Crippen LogP) is 4.38. The Hall–Kier alpha value is -2.29. The van der Waals surface area contributed by atoms with Crippen molar-refractivity contribution < 1.29 is 14.0 Å². The smallest absolute Gasteiger partial charge is 0.148 e. The number of halogens is 1. The summed E-state index contributed by atoms with van der Waals surface area (Å²) >= 11 is 0. The van der Waals surface area contributed by atoms with E-state index in [1.165, 1.54) is 6.07 Å². The number of ketones is 2. The Morgan fingerprint density at radius 2 is 1.61 bits per heavy atom. The molecule has 0 aromatic heterocycles. The lowest BCUT2D eigenvalue weighted by Gasteiger charge is -2.15. The van der Waals surface area contributed by atoms with E-state index in [9.17, 15) is 14.0 Å². The van der Waals surface area contributed by atoms with Gasteiger partial charge in [-0.1, -0.05) is 31.2 Å². The van der Waals surface area contributed by atoms with Crippen LogP contribution in [0.2, 0.25) is 0 Å². The van der Waals surface area contributed by atoms with Crippen molar-refractivity contribution in [1.29, 1.82) is 0 Å². The molecule has 0 unspecified atom stereocenters. The van der Waals surface area contributed by atoms with Crippen molar-refractivity contribution in [3.8, 4) is 11.1 Å². The number of rotatable bonds is 3. The van der Waals surface area contributed by atoms with E-state index < -0.39 is 5.92 Å². The number of hydrogen-bond acceptors (Lipinski definition) is 2. The van der Waals surface area contributed by atoms with Gasteiger partial charge in [-0.2, -0.15) is 0 Å². The maximum absolute atomic E-state index is 13.8. The molecule has 0 radical (unpaired) electrons. The van der Waals surface area contributed by atoms with Crippen LogP contribution in [0, 0.1) is 12.7 Å². The molecule has 0 saturated heterocycles. The van der Waals surface area contributed by atoms with Gasteiger partial charge in [0.2, 0.25) is 0 Å². The Kier molecular flexibility index (Phi) is 4.12. The summed E-state index contributed by atoms with van der Waals surface area (Å²) in [7, 11) is 0. The van der Waals surface area contributed by atoms with Gasteiger partial charge in [-0.05, 0) is 53.3 Å². The first-order valence-corrected chi connectivity index (χ1v) is 7.96. The zero-order valence-electron chi connectivity index (χ0n) is 13.4. The highest BCUT2D eigenvalue weighted by Gasteiger charge is 2.35. The molecule has 0 heterocycles. The summed E-state index contributed by atoms with van der Waals surface area (Å²) in [5, 5.41) is 0. The first-order valence-electron chi connectivity index (χ1n) is 7.96. The van der Waals surface area contributed by atoms with Crippen LogP contribution < -0.4 is 0 Å². The van der Waals surface area contributed by atoms with Crippen molar-refractivity contribution in [1.82, 2.24) is 0 Å². The average molecular weight is 310 g/mol. The number of hydrogen-bond donors (Lipinski definition) is 0. The van der Waals surface area contributed by atoms with E-state index in [0.717, 1.165) is 28.7 Å². The van der Waals surface area contributed by atoms with Crippen molar-refractivity contribution in [3.05, 3.63) is 58.9 Å². The molecule has 1 saturated carbocycles. The van der Waals surface area contributed by atoms with Gasteiger partial charge >= 0.3 is 0 Å². The van der Waals surface area contributed by atoms with E-state index in [4.69, 9.17) is 0 Å². The fourth-order valence-corrected chi connectivity index (χ4v) is 3.20. The number of Topliss-reactive ketones (excluding diaryl/α,β-unsaturated/α-hetero) is 2. The average Bonchev–Trinajstić information content (AvgIpc) is 2.88. The molecule has 1 fully saturated rings. The van der Waals surface area contributed by atoms with Crippen molar-refractivity contribution in [2.45, 2.75) is 39.0 Å². The van der Waals surface area contributed by atoms with Gasteiger partial charge in [-0.3, -0.25) is 9.59 Å². The standard InChI is InChI=1S/C20H19FO2/c1-3-13-6-7-14(15-5-4-12(2)17(21)11-15)10-16(13)20-18(22)8-9-19(20)23/h4-7,10-11,20H,3,8-9H2,1-2H3. The maximum Gasteiger partial charge on any atom is 0.148 e. The fraction of sp³-hybridized carbons (Fsp3) is 0.300. The SMILES string of the molecule is CCc1ccc(-c2ccc(C)c(F)c2)cc1C1C(=O)CCC1=O. The van der Waals surface area contributed by atoms with Crippen LogP contribution in [0.25, 0.3) is 11.1 Å². The van der Waals surface area contributed by atoms with Gasteiger partial charge in [-0.15, -0.1) is 0 Å². The molecule has 0 atom stereocenters. The molecule has 1 aliphatic rings. The van der Waals surface area contributed by atoms with Crippen molar-refractivity contribution >= 4 is 11.6 Å². The zero-order valence-corrected chi connectivity index (χ0v) is 13.4. The lowest BCUT2D eigenvalue weighted by Crippen LogP contribution is -2.14. The molecule has 2 aromatic carbocycles. The van der Waals surface area contributed by atoms with Crippen molar-refractivity contribution in [2.75, 3.05) is 0 Å². The van der Waals surface area contributed by atoms with Gasteiger partial charge in [0.25, 0.3) is 0 Å². The molecule has 23 heavy (non-hydrogen) atoms. The van der Waals surface area contributed by atoms with E-state index in [2.05, 4.69) is 0 Å². The molecule has 3 heteroatoms. The minimum Gasteiger partial charge on any atom is -0.299 e. The van der Waals surface area contributed by atoms with Gasteiger partial charge < -0.3 is 0 Å². The number of benzene rings is 2. The Labute approximate surface area is 135 Å². The van der Waals surface area contributed by atoms with Crippen LogP contribution in [-0.4, -0.2) is 11.6 Å². The highest BCUT2D eigenvalue weighted by atomic mass is 19.1. The molecule has 0 aliphatic heterocycles. The summed E-state index contributed by atoms with van der Waals surface area (Å²) in [6, 6.07) is 10.9. The van der Waals surface area contributed by atoms with Crippen LogP contribution >= 0.6 is 0 Å². The van der Waals surface area contributed by atoms with E-state index in [1.54, 1.807) is 13.0 Å². The Bertz CT molecular complexity index is 776. The molecule has 2 nitrogen and oxygen atoms in total. The largest absolute Gasteiger partial charge is 0.299 e. The van der Waals surface area contributed by atoms with E-state index in [-0.39, 0.29) is 17.4 Å². The Morgan fingerprint density at radius 1 is 1.00 bits per heavy atom. The van der Waals surface area contributed by atoms with Crippen molar-refractivity contribution in [2.24, 2.45) is 0 Å². The second kappa shape index (κ2) is 6.07.